The molecule has 0 saturated carbocycles. The first-order valence-corrected chi connectivity index (χ1v) is 11.3. The number of halogens is 2. The molecule has 0 fully saturated rings. The Morgan fingerprint density at radius 3 is 2.30 bits per heavy atom. The molecule has 0 bridgehead atoms. The van der Waals surface area contributed by atoms with E-state index >= 15 is 0 Å². The lowest BCUT2D eigenvalue weighted by molar-refractivity contribution is -0.134. The Labute approximate surface area is 202 Å². The first-order valence-electron chi connectivity index (χ1n) is 10.6. The second-order valence-electron chi connectivity index (χ2n) is 7.66. The van der Waals surface area contributed by atoms with Gasteiger partial charge in [-0.2, -0.15) is 0 Å². The van der Waals surface area contributed by atoms with E-state index in [9.17, 15) is 4.79 Å². The zero-order chi connectivity index (χ0) is 23.2. The number of carbonyl (C=O) groups is 1. The van der Waals surface area contributed by atoms with Crippen LogP contribution in [-0.4, -0.2) is 36.1 Å². The van der Waals surface area contributed by atoms with Gasteiger partial charge in [0.1, 0.15) is 11.5 Å². The van der Waals surface area contributed by atoms with Crippen molar-refractivity contribution in [1.82, 2.24) is 9.88 Å². The molecule has 33 heavy (non-hydrogen) atoms. The number of carbonyl (C=O) groups excluding carboxylic acids is 1. The Kier molecular flexibility index (Phi) is 7.43. The predicted octanol–water partition coefficient (Wildman–Crippen LogP) is 6.13. The number of benzene rings is 3. The van der Waals surface area contributed by atoms with Crippen molar-refractivity contribution in [1.29, 1.82) is 0 Å². The van der Waals surface area contributed by atoms with Crippen LogP contribution in [0.15, 0.2) is 72.9 Å². The molecule has 1 amide bonds. The number of hydrogen-bond acceptors (Lipinski definition) is 3. The van der Waals surface area contributed by atoms with Gasteiger partial charge < -0.3 is 19.4 Å². The summed E-state index contributed by atoms with van der Waals surface area (Å²) in [6.45, 7) is 0.943. The number of methoxy groups -OCH3 is 1. The minimum Gasteiger partial charge on any atom is -0.497 e. The van der Waals surface area contributed by atoms with Crippen molar-refractivity contribution in [3.05, 3.63) is 94.1 Å². The van der Waals surface area contributed by atoms with Gasteiger partial charge in [0.15, 0.2) is 6.61 Å². The Morgan fingerprint density at radius 1 is 0.939 bits per heavy atom. The number of nitrogens with one attached hydrogen (secondary N) is 1. The number of H-pyrrole nitrogens is 1. The van der Waals surface area contributed by atoms with E-state index < -0.39 is 0 Å². The number of nitrogens with zero attached hydrogens (tertiary/aromatic N) is 1. The third kappa shape index (κ3) is 6.01. The van der Waals surface area contributed by atoms with Crippen molar-refractivity contribution in [2.45, 2.75) is 13.0 Å². The zero-order valence-corrected chi connectivity index (χ0v) is 19.7. The quantitative estimate of drug-likeness (QED) is 0.312. The highest BCUT2D eigenvalue weighted by atomic mass is 35.5. The second-order valence-corrected chi connectivity index (χ2v) is 8.53. The number of fused-ring (bicyclic) bond motifs is 1. The standard InChI is InChI=1S/C26H24Cl2N2O3/c1-32-23-10-11-25-24(14-23)19(15-29-25)12-13-30(16-18-2-4-20(27)5-3-18)26(31)17-33-22-8-6-21(28)7-9-22/h2-11,14-15,29H,12-13,16-17H2,1H3. The van der Waals surface area contributed by atoms with Crippen molar-refractivity contribution in [3.8, 4) is 11.5 Å². The smallest absolute Gasteiger partial charge is 0.260 e. The first kappa shape index (κ1) is 23.0. The largest absolute Gasteiger partial charge is 0.497 e. The van der Waals surface area contributed by atoms with Crippen LogP contribution >= 0.6 is 23.2 Å². The molecule has 0 aliphatic rings. The summed E-state index contributed by atoms with van der Waals surface area (Å²) in [6, 6.07) is 20.4. The van der Waals surface area contributed by atoms with Gasteiger partial charge in [0.25, 0.3) is 5.91 Å². The molecule has 1 heterocycles. The van der Waals surface area contributed by atoms with Crippen molar-refractivity contribution in [3.63, 3.8) is 0 Å². The van der Waals surface area contributed by atoms with Crippen molar-refractivity contribution < 1.29 is 14.3 Å². The molecule has 0 aliphatic heterocycles. The maximum atomic E-state index is 13.1. The fourth-order valence-corrected chi connectivity index (χ4v) is 3.87. The van der Waals surface area contributed by atoms with Gasteiger partial charge in [-0.25, -0.2) is 0 Å². The lowest BCUT2D eigenvalue weighted by Gasteiger charge is -2.23. The SMILES string of the molecule is COc1ccc2[nH]cc(CCN(Cc3ccc(Cl)cc3)C(=O)COc3ccc(Cl)cc3)c2c1. The molecule has 1 aromatic heterocycles. The minimum atomic E-state index is -0.0997. The third-order valence-electron chi connectivity index (χ3n) is 5.44. The van der Waals surface area contributed by atoms with E-state index in [4.69, 9.17) is 32.7 Å². The van der Waals surface area contributed by atoms with E-state index in [1.807, 2.05) is 48.7 Å². The van der Waals surface area contributed by atoms with Crippen LogP contribution in [0.3, 0.4) is 0 Å². The topological polar surface area (TPSA) is 54.6 Å². The summed E-state index contributed by atoms with van der Waals surface area (Å²) in [6.07, 6.45) is 2.67. The molecule has 0 saturated heterocycles. The molecule has 0 spiro atoms. The van der Waals surface area contributed by atoms with E-state index in [1.165, 1.54) is 0 Å². The average molecular weight is 483 g/mol. The molecular weight excluding hydrogens is 459 g/mol. The van der Waals surface area contributed by atoms with Crippen molar-refractivity contribution in [2.75, 3.05) is 20.3 Å². The fraction of sp³-hybridized carbons (Fsp3) is 0.192. The van der Waals surface area contributed by atoms with E-state index in [-0.39, 0.29) is 12.5 Å². The fourth-order valence-electron chi connectivity index (χ4n) is 3.62. The van der Waals surface area contributed by atoms with Crippen LogP contribution in [0, 0.1) is 0 Å². The monoisotopic (exact) mass is 482 g/mol. The molecule has 0 unspecified atom stereocenters. The minimum absolute atomic E-state index is 0.0586. The van der Waals surface area contributed by atoms with Gasteiger partial charge in [-0.15, -0.1) is 0 Å². The summed E-state index contributed by atoms with van der Waals surface area (Å²) in [4.78, 5) is 18.2. The molecule has 4 aromatic rings. The molecule has 5 nitrogen and oxygen atoms in total. The summed E-state index contributed by atoms with van der Waals surface area (Å²) in [5.74, 6) is 1.30. The summed E-state index contributed by atoms with van der Waals surface area (Å²) in [5, 5.41) is 2.37. The Bertz CT molecular complexity index is 1220. The van der Waals surface area contributed by atoms with Crippen LogP contribution in [0.2, 0.25) is 10.0 Å². The van der Waals surface area contributed by atoms with Crippen LogP contribution in [0.1, 0.15) is 11.1 Å². The normalized spacial score (nSPS) is 10.9. The lowest BCUT2D eigenvalue weighted by Crippen LogP contribution is -2.36. The highest BCUT2D eigenvalue weighted by molar-refractivity contribution is 6.30. The maximum Gasteiger partial charge on any atom is 0.260 e. The molecule has 0 radical (unpaired) electrons. The summed E-state index contributed by atoms with van der Waals surface area (Å²) in [7, 11) is 1.65. The highest BCUT2D eigenvalue weighted by Gasteiger charge is 2.16. The number of rotatable bonds is 9. The second kappa shape index (κ2) is 10.6. The third-order valence-corrected chi connectivity index (χ3v) is 5.94. The van der Waals surface area contributed by atoms with Gasteiger partial charge in [-0.05, 0) is 72.1 Å². The summed E-state index contributed by atoms with van der Waals surface area (Å²) < 4.78 is 11.1. The number of aromatic amines is 1. The van der Waals surface area contributed by atoms with E-state index in [2.05, 4.69) is 4.98 Å². The summed E-state index contributed by atoms with van der Waals surface area (Å²) in [5.41, 5.74) is 3.16. The van der Waals surface area contributed by atoms with Crippen LogP contribution in [0.5, 0.6) is 11.5 Å². The molecular formula is C26H24Cl2N2O3. The van der Waals surface area contributed by atoms with E-state index in [1.54, 1.807) is 36.3 Å². The molecule has 1 N–H and O–H groups in total. The van der Waals surface area contributed by atoms with Gasteiger partial charge in [-0.1, -0.05) is 35.3 Å². The number of hydrogen-bond donors (Lipinski definition) is 1. The van der Waals surface area contributed by atoms with Crippen LogP contribution in [-0.2, 0) is 17.8 Å². The molecule has 0 aliphatic carbocycles. The van der Waals surface area contributed by atoms with Crippen molar-refractivity contribution >= 4 is 40.0 Å². The number of ether oxygens (including phenoxy) is 2. The molecule has 3 aromatic carbocycles. The first-order chi connectivity index (χ1) is 16.0. The van der Waals surface area contributed by atoms with Crippen LogP contribution in [0.4, 0.5) is 0 Å². The Hall–Kier alpha value is -3.15. The van der Waals surface area contributed by atoms with Crippen LogP contribution < -0.4 is 9.47 Å². The maximum absolute atomic E-state index is 13.1. The summed E-state index contributed by atoms with van der Waals surface area (Å²) >= 11 is 12.0. The highest BCUT2D eigenvalue weighted by Crippen LogP contribution is 2.24. The Morgan fingerprint density at radius 2 is 1.61 bits per heavy atom. The molecule has 7 heteroatoms. The van der Waals surface area contributed by atoms with Gasteiger partial charge in [-0.3, -0.25) is 4.79 Å². The van der Waals surface area contributed by atoms with Crippen LogP contribution in [0.25, 0.3) is 10.9 Å². The molecule has 0 atom stereocenters. The predicted molar refractivity (Wildman–Crippen MR) is 132 cm³/mol. The van der Waals surface area contributed by atoms with Gasteiger partial charge in [0.05, 0.1) is 7.11 Å². The Balaban J connectivity index is 1.48. The van der Waals surface area contributed by atoms with Gasteiger partial charge in [0.2, 0.25) is 0 Å². The lowest BCUT2D eigenvalue weighted by atomic mass is 10.1. The van der Waals surface area contributed by atoms with E-state index in [0.717, 1.165) is 27.8 Å². The van der Waals surface area contributed by atoms with Crippen molar-refractivity contribution in [2.24, 2.45) is 0 Å². The number of aromatic nitrogens is 1. The van der Waals surface area contributed by atoms with E-state index in [0.29, 0.717) is 35.3 Å². The molecule has 170 valence electrons. The molecule has 4 rings (SSSR count). The number of amides is 1. The van der Waals surface area contributed by atoms with Gasteiger partial charge >= 0.3 is 0 Å². The van der Waals surface area contributed by atoms with Gasteiger partial charge in [0, 0.05) is 40.2 Å². The average Bonchev–Trinajstić information content (AvgIpc) is 3.24. The zero-order valence-electron chi connectivity index (χ0n) is 18.2.